The molecule has 2 aliphatic carbocycles. The van der Waals surface area contributed by atoms with E-state index in [9.17, 15) is 19.5 Å². The fourth-order valence-corrected chi connectivity index (χ4v) is 7.15. The lowest BCUT2D eigenvalue weighted by Gasteiger charge is -2.28. The molecule has 0 aromatic heterocycles. The van der Waals surface area contributed by atoms with Gasteiger partial charge >= 0.3 is 6.09 Å². The third kappa shape index (κ3) is 6.22. The SMILES string of the molecule is CCC[C@H](NC(=O)[C@@H]1C[C@]2(CC(c3ccccc3)=NO2)CN1C(=O)OCC1c2ccccc2-c2ccccc21)C(O)C(=O)NC1CC1. The van der Waals surface area contributed by atoms with Crippen molar-refractivity contribution in [2.45, 2.75) is 81.2 Å². The van der Waals surface area contributed by atoms with Crippen LogP contribution in [0.1, 0.15) is 68.1 Å². The predicted molar refractivity (Wildman–Crippen MR) is 176 cm³/mol. The Morgan fingerprint density at radius 1 is 1.00 bits per heavy atom. The number of carbonyl (C=O) groups excluding carboxylic acids is 3. The number of likely N-dealkylation sites (tertiary alicyclic amines) is 1. The van der Waals surface area contributed by atoms with Gasteiger partial charge in [-0.05, 0) is 47.1 Å². The summed E-state index contributed by atoms with van der Waals surface area (Å²) < 4.78 is 6.01. The maximum Gasteiger partial charge on any atom is 0.410 e. The molecule has 1 unspecified atom stereocenters. The quantitative estimate of drug-likeness (QED) is 0.301. The molecule has 4 atom stereocenters. The van der Waals surface area contributed by atoms with Crippen LogP contribution < -0.4 is 10.6 Å². The molecule has 2 aliphatic heterocycles. The standard InChI is InChI=1S/C37H40N4O6/c1-2-10-30(33(42)35(44)38-24-17-18-24)39-34(43)32-20-37(19-31(40-47-37)23-11-4-3-5-12-23)22-41(32)36(45)46-21-29-27-15-8-6-13-25(27)26-14-7-9-16-28(26)29/h3-9,11-16,24,29-30,32-33,42H,2,10,17-22H2,1H3,(H,38,44)(H,39,43)/t30-,32-,33?,37+/m0/s1. The first-order chi connectivity index (χ1) is 22.9. The van der Waals surface area contributed by atoms with Crippen LogP contribution in [0.3, 0.4) is 0 Å². The normalized spacial score (nSPS) is 22.6. The molecular weight excluding hydrogens is 596 g/mol. The number of amides is 3. The first-order valence-electron chi connectivity index (χ1n) is 16.6. The maximum atomic E-state index is 14.0. The summed E-state index contributed by atoms with van der Waals surface area (Å²) in [5, 5.41) is 21.0. The number of hydrogen-bond donors (Lipinski definition) is 3. The minimum absolute atomic E-state index is 0.0761. The molecule has 0 radical (unpaired) electrons. The monoisotopic (exact) mass is 636 g/mol. The minimum atomic E-state index is -1.41. The average molecular weight is 637 g/mol. The Balaban J connectivity index is 1.10. The molecule has 1 saturated carbocycles. The van der Waals surface area contributed by atoms with E-state index < -0.39 is 41.7 Å². The lowest BCUT2D eigenvalue weighted by Crippen LogP contribution is -2.55. The van der Waals surface area contributed by atoms with E-state index in [0.29, 0.717) is 19.3 Å². The number of fused-ring (bicyclic) bond motifs is 3. The maximum absolute atomic E-state index is 14.0. The highest BCUT2D eigenvalue weighted by Gasteiger charge is 2.55. The van der Waals surface area contributed by atoms with Crippen LogP contribution in [0.15, 0.2) is 84.0 Å². The van der Waals surface area contributed by atoms with Gasteiger partial charge in [-0.15, -0.1) is 0 Å². The third-order valence-corrected chi connectivity index (χ3v) is 9.72. The molecule has 4 aliphatic rings. The summed E-state index contributed by atoms with van der Waals surface area (Å²) in [6, 6.07) is 24.2. The fraction of sp³-hybridized carbons (Fsp3) is 0.405. The summed E-state index contributed by atoms with van der Waals surface area (Å²) in [6.45, 7) is 2.13. The molecule has 1 spiro atoms. The van der Waals surface area contributed by atoms with Gasteiger partial charge in [0, 0.05) is 24.8 Å². The van der Waals surface area contributed by atoms with Gasteiger partial charge in [0.2, 0.25) is 5.91 Å². The highest BCUT2D eigenvalue weighted by atomic mass is 16.7. The molecule has 10 heteroatoms. The number of nitrogens with zero attached hydrogens (tertiary/aromatic N) is 2. The van der Waals surface area contributed by atoms with Crippen molar-refractivity contribution in [2.24, 2.45) is 5.16 Å². The van der Waals surface area contributed by atoms with Crippen LogP contribution in [0.25, 0.3) is 11.1 Å². The van der Waals surface area contributed by atoms with E-state index in [1.54, 1.807) is 0 Å². The van der Waals surface area contributed by atoms with E-state index >= 15 is 0 Å². The van der Waals surface area contributed by atoms with Crippen LogP contribution in [-0.2, 0) is 19.2 Å². The van der Waals surface area contributed by atoms with Gasteiger partial charge in [-0.3, -0.25) is 14.5 Å². The molecule has 244 valence electrons. The van der Waals surface area contributed by atoms with Crippen molar-refractivity contribution in [3.05, 3.63) is 95.6 Å². The van der Waals surface area contributed by atoms with Gasteiger partial charge in [0.05, 0.1) is 18.3 Å². The van der Waals surface area contributed by atoms with E-state index in [4.69, 9.17) is 9.57 Å². The van der Waals surface area contributed by atoms with Gasteiger partial charge in [-0.25, -0.2) is 4.79 Å². The number of benzene rings is 3. The molecule has 3 amide bonds. The highest BCUT2D eigenvalue weighted by Crippen LogP contribution is 2.45. The van der Waals surface area contributed by atoms with Crippen molar-refractivity contribution in [3.63, 3.8) is 0 Å². The average Bonchev–Trinajstić information content (AvgIpc) is 3.55. The molecule has 10 nitrogen and oxygen atoms in total. The second kappa shape index (κ2) is 12.8. The predicted octanol–water partition coefficient (Wildman–Crippen LogP) is 4.50. The first kappa shape index (κ1) is 30.9. The molecule has 7 rings (SSSR count). The first-order valence-corrected chi connectivity index (χ1v) is 16.6. The largest absolute Gasteiger partial charge is 0.448 e. The van der Waals surface area contributed by atoms with Crippen LogP contribution in [0.5, 0.6) is 0 Å². The summed E-state index contributed by atoms with van der Waals surface area (Å²) in [7, 11) is 0. The van der Waals surface area contributed by atoms with Gasteiger partial charge in [0.1, 0.15) is 12.6 Å². The molecular formula is C37H40N4O6. The molecule has 1 saturated heterocycles. The lowest BCUT2D eigenvalue weighted by molar-refractivity contribution is -0.133. The van der Waals surface area contributed by atoms with Gasteiger partial charge in [-0.1, -0.05) is 97.4 Å². The summed E-state index contributed by atoms with van der Waals surface area (Å²) >= 11 is 0. The van der Waals surface area contributed by atoms with E-state index in [-0.39, 0.29) is 31.5 Å². The van der Waals surface area contributed by atoms with Crippen LogP contribution in [0.4, 0.5) is 4.79 Å². The third-order valence-electron chi connectivity index (χ3n) is 9.72. The summed E-state index contributed by atoms with van der Waals surface area (Å²) in [6.07, 6.45) is 1.37. The Labute approximate surface area is 274 Å². The van der Waals surface area contributed by atoms with Gasteiger partial charge in [0.25, 0.3) is 5.91 Å². The van der Waals surface area contributed by atoms with Gasteiger partial charge < -0.3 is 25.3 Å². The highest BCUT2D eigenvalue weighted by molar-refractivity contribution is 6.02. The Kier molecular flexibility index (Phi) is 8.44. The van der Waals surface area contributed by atoms with Crippen molar-refractivity contribution in [2.75, 3.05) is 13.2 Å². The van der Waals surface area contributed by atoms with E-state index in [0.717, 1.165) is 46.4 Å². The lowest BCUT2D eigenvalue weighted by atomic mass is 9.91. The number of aliphatic hydroxyl groups is 1. The Bertz CT molecular complexity index is 1650. The summed E-state index contributed by atoms with van der Waals surface area (Å²) in [5.41, 5.74) is 5.17. The number of rotatable bonds is 10. The van der Waals surface area contributed by atoms with Crippen LogP contribution >= 0.6 is 0 Å². The van der Waals surface area contributed by atoms with Crippen molar-refractivity contribution in [1.82, 2.24) is 15.5 Å². The Morgan fingerprint density at radius 2 is 1.66 bits per heavy atom. The van der Waals surface area contributed by atoms with Crippen molar-refractivity contribution in [3.8, 4) is 11.1 Å². The minimum Gasteiger partial charge on any atom is -0.448 e. The van der Waals surface area contributed by atoms with Crippen LogP contribution in [0.2, 0.25) is 0 Å². The zero-order chi connectivity index (χ0) is 32.5. The van der Waals surface area contributed by atoms with Crippen molar-refractivity contribution >= 4 is 23.6 Å². The molecule has 2 fully saturated rings. The molecule has 3 aromatic carbocycles. The zero-order valence-electron chi connectivity index (χ0n) is 26.4. The van der Waals surface area contributed by atoms with Gasteiger partial charge in [0.15, 0.2) is 11.7 Å². The molecule has 2 heterocycles. The second-order valence-electron chi connectivity index (χ2n) is 13.1. The van der Waals surface area contributed by atoms with Crippen molar-refractivity contribution < 1.29 is 29.1 Å². The van der Waals surface area contributed by atoms with Gasteiger partial charge in [-0.2, -0.15) is 0 Å². The van der Waals surface area contributed by atoms with E-state index in [1.807, 2.05) is 61.5 Å². The number of carbonyl (C=O) groups is 3. The van der Waals surface area contributed by atoms with Crippen LogP contribution in [-0.4, -0.2) is 76.6 Å². The number of hydrogen-bond acceptors (Lipinski definition) is 7. The molecule has 3 aromatic rings. The smallest absolute Gasteiger partial charge is 0.410 e. The molecule has 0 bridgehead atoms. The number of aliphatic hydroxyl groups excluding tert-OH is 1. The Morgan fingerprint density at radius 3 is 2.32 bits per heavy atom. The number of ether oxygens (including phenoxy) is 1. The van der Waals surface area contributed by atoms with E-state index in [1.165, 1.54) is 4.90 Å². The second-order valence-corrected chi connectivity index (χ2v) is 13.1. The summed E-state index contributed by atoms with van der Waals surface area (Å²) in [4.78, 5) is 48.1. The number of oxime groups is 1. The topological polar surface area (TPSA) is 130 Å². The van der Waals surface area contributed by atoms with E-state index in [2.05, 4.69) is 40.1 Å². The number of nitrogens with one attached hydrogen (secondary N) is 2. The van der Waals surface area contributed by atoms with Crippen molar-refractivity contribution in [1.29, 1.82) is 0 Å². The molecule has 3 N–H and O–H groups in total. The molecule has 47 heavy (non-hydrogen) atoms. The zero-order valence-corrected chi connectivity index (χ0v) is 26.4. The Hall–Kier alpha value is -4.70. The van der Waals surface area contributed by atoms with Crippen LogP contribution in [0, 0.1) is 0 Å². The fourth-order valence-electron chi connectivity index (χ4n) is 7.15. The summed E-state index contributed by atoms with van der Waals surface area (Å²) in [5.74, 6) is -1.11.